The van der Waals surface area contributed by atoms with Crippen molar-refractivity contribution in [2.45, 2.75) is 34.2 Å². The van der Waals surface area contributed by atoms with Crippen molar-refractivity contribution in [3.63, 3.8) is 0 Å². The molecule has 0 atom stereocenters. The van der Waals surface area contributed by atoms with Crippen LogP contribution in [0.25, 0.3) is 0 Å². The summed E-state index contributed by atoms with van der Waals surface area (Å²) in [6, 6.07) is 0. The molecule has 1 rings (SSSR count). The molecule has 90 valence electrons. The van der Waals surface area contributed by atoms with Crippen molar-refractivity contribution >= 4 is 5.96 Å². The highest BCUT2D eigenvalue weighted by Crippen LogP contribution is 2.10. The van der Waals surface area contributed by atoms with Crippen molar-refractivity contribution in [3.8, 4) is 0 Å². The minimum absolute atomic E-state index is 0.594. The van der Waals surface area contributed by atoms with E-state index in [2.05, 4.69) is 29.0 Å². The lowest BCUT2D eigenvalue weighted by molar-refractivity contribution is 0.458. The van der Waals surface area contributed by atoms with Gasteiger partial charge < -0.3 is 10.6 Å². The van der Waals surface area contributed by atoms with Gasteiger partial charge in [-0.25, -0.2) is 4.99 Å². The highest BCUT2D eigenvalue weighted by molar-refractivity contribution is 5.78. The highest BCUT2D eigenvalue weighted by Gasteiger charge is 2.06. The molecular formula is C11H21N5. The second-order valence-corrected chi connectivity index (χ2v) is 3.76. The number of aromatic amines is 1. The number of aromatic nitrogens is 2. The average molecular weight is 223 g/mol. The van der Waals surface area contributed by atoms with E-state index in [1.54, 1.807) is 0 Å². The third kappa shape index (κ3) is 2.74. The number of aliphatic imine (C=N–C) groups is 1. The molecule has 5 nitrogen and oxygen atoms in total. The van der Waals surface area contributed by atoms with E-state index in [1.807, 2.05) is 18.7 Å². The monoisotopic (exact) mass is 223 g/mol. The summed E-state index contributed by atoms with van der Waals surface area (Å²) in [7, 11) is 0. The number of rotatable bonds is 4. The zero-order chi connectivity index (χ0) is 12.1. The van der Waals surface area contributed by atoms with Crippen molar-refractivity contribution in [1.29, 1.82) is 0 Å². The van der Waals surface area contributed by atoms with Crippen LogP contribution in [0.15, 0.2) is 4.99 Å². The van der Waals surface area contributed by atoms with E-state index in [0.29, 0.717) is 12.5 Å². The summed E-state index contributed by atoms with van der Waals surface area (Å²) in [6.07, 6.45) is 0. The molecule has 0 amide bonds. The molecule has 0 bridgehead atoms. The molecule has 1 aromatic heterocycles. The molecule has 0 aliphatic carbocycles. The predicted octanol–water partition coefficient (Wildman–Crippen LogP) is 1.18. The molecule has 0 aliphatic rings. The summed E-state index contributed by atoms with van der Waals surface area (Å²) in [5.74, 6) is 0.602. The normalized spacial score (nSPS) is 11.9. The van der Waals surface area contributed by atoms with Gasteiger partial charge >= 0.3 is 0 Å². The highest BCUT2D eigenvalue weighted by atomic mass is 15.2. The Morgan fingerprint density at radius 3 is 2.44 bits per heavy atom. The number of hydrogen-bond donors (Lipinski definition) is 2. The first-order valence-electron chi connectivity index (χ1n) is 5.65. The molecule has 1 heterocycles. The quantitative estimate of drug-likeness (QED) is 0.595. The second-order valence-electron chi connectivity index (χ2n) is 3.76. The van der Waals surface area contributed by atoms with Crippen molar-refractivity contribution in [2.24, 2.45) is 10.7 Å². The molecule has 16 heavy (non-hydrogen) atoms. The first-order chi connectivity index (χ1) is 7.60. The van der Waals surface area contributed by atoms with Gasteiger partial charge in [-0.2, -0.15) is 5.10 Å². The smallest absolute Gasteiger partial charge is 0.191 e. The molecule has 5 heteroatoms. The van der Waals surface area contributed by atoms with Crippen molar-refractivity contribution in [1.82, 2.24) is 15.1 Å². The Morgan fingerprint density at radius 1 is 1.38 bits per heavy atom. The van der Waals surface area contributed by atoms with Crippen molar-refractivity contribution in [3.05, 3.63) is 17.0 Å². The minimum atomic E-state index is 0.594. The Kier molecular flexibility index (Phi) is 4.34. The molecular weight excluding hydrogens is 202 g/mol. The van der Waals surface area contributed by atoms with Gasteiger partial charge in [0.1, 0.15) is 0 Å². The van der Waals surface area contributed by atoms with Crippen LogP contribution in [0, 0.1) is 13.8 Å². The lowest BCUT2D eigenvalue weighted by Crippen LogP contribution is -2.37. The van der Waals surface area contributed by atoms with Gasteiger partial charge in [0.25, 0.3) is 0 Å². The molecule has 0 spiro atoms. The third-order valence-electron chi connectivity index (χ3n) is 2.77. The lowest BCUT2D eigenvalue weighted by atomic mass is 10.2. The summed E-state index contributed by atoms with van der Waals surface area (Å²) in [5.41, 5.74) is 9.09. The van der Waals surface area contributed by atoms with Crippen LogP contribution in [0.5, 0.6) is 0 Å². The fourth-order valence-electron chi connectivity index (χ4n) is 1.61. The van der Waals surface area contributed by atoms with Crippen LogP contribution in [0.4, 0.5) is 0 Å². The number of nitrogens with two attached hydrogens (primary N) is 1. The molecule has 0 unspecified atom stereocenters. The van der Waals surface area contributed by atoms with Gasteiger partial charge in [-0.05, 0) is 27.7 Å². The summed E-state index contributed by atoms with van der Waals surface area (Å²) < 4.78 is 0. The molecule has 0 radical (unpaired) electrons. The third-order valence-corrected chi connectivity index (χ3v) is 2.77. The zero-order valence-corrected chi connectivity index (χ0v) is 10.5. The van der Waals surface area contributed by atoms with E-state index in [0.717, 1.165) is 30.0 Å². The Hall–Kier alpha value is -1.52. The van der Waals surface area contributed by atoms with Gasteiger partial charge in [0.05, 0.1) is 12.2 Å². The van der Waals surface area contributed by atoms with Crippen LogP contribution in [0.3, 0.4) is 0 Å². The topological polar surface area (TPSA) is 70.3 Å². The summed E-state index contributed by atoms with van der Waals surface area (Å²) in [6.45, 7) is 10.5. The fourth-order valence-corrected chi connectivity index (χ4v) is 1.61. The van der Waals surface area contributed by atoms with E-state index in [4.69, 9.17) is 5.73 Å². The van der Waals surface area contributed by atoms with Crippen LogP contribution in [-0.2, 0) is 6.54 Å². The molecule has 0 aromatic carbocycles. The number of guanidine groups is 1. The lowest BCUT2D eigenvalue weighted by Gasteiger charge is -2.19. The number of H-pyrrole nitrogens is 1. The maximum Gasteiger partial charge on any atom is 0.191 e. The van der Waals surface area contributed by atoms with Crippen LogP contribution >= 0.6 is 0 Å². The van der Waals surface area contributed by atoms with Crippen molar-refractivity contribution in [2.75, 3.05) is 13.1 Å². The van der Waals surface area contributed by atoms with Gasteiger partial charge in [-0.1, -0.05) is 0 Å². The largest absolute Gasteiger partial charge is 0.370 e. The number of hydrogen-bond acceptors (Lipinski definition) is 2. The van der Waals surface area contributed by atoms with Crippen molar-refractivity contribution < 1.29 is 0 Å². The Morgan fingerprint density at radius 2 is 2.00 bits per heavy atom. The first-order valence-corrected chi connectivity index (χ1v) is 5.65. The molecule has 3 N–H and O–H groups in total. The standard InChI is InChI=1S/C11H21N5/c1-5-16(6-2)11(12)13-7-10-8(3)14-15-9(10)4/h5-7H2,1-4H3,(H2,12,13)(H,14,15). The molecule has 0 aliphatic heterocycles. The van der Waals surface area contributed by atoms with E-state index < -0.39 is 0 Å². The number of aryl methyl sites for hydroxylation is 2. The maximum absolute atomic E-state index is 5.90. The fraction of sp³-hybridized carbons (Fsp3) is 0.636. The average Bonchev–Trinajstić information content (AvgIpc) is 2.58. The maximum atomic E-state index is 5.90. The molecule has 0 saturated heterocycles. The van der Waals surface area contributed by atoms with Crippen LogP contribution in [-0.4, -0.2) is 34.1 Å². The first kappa shape index (κ1) is 12.5. The van der Waals surface area contributed by atoms with E-state index in [-0.39, 0.29) is 0 Å². The van der Waals surface area contributed by atoms with Gasteiger partial charge in [-0.3, -0.25) is 5.10 Å². The molecule has 0 saturated carbocycles. The van der Waals surface area contributed by atoms with Crippen LogP contribution in [0.2, 0.25) is 0 Å². The summed E-state index contributed by atoms with van der Waals surface area (Å²) in [4.78, 5) is 6.42. The van der Waals surface area contributed by atoms with Crippen LogP contribution < -0.4 is 5.73 Å². The predicted molar refractivity (Wildman–Crippen MR) is 66.3 cm³/mol. The SMILES string of the molecule is CCN(CC)C(N)=NCc1c(C)n[nH]c1C. The van der Waals surface area contributed by atoms with Gasteiger partial charge in [0, 0.05) is 24.3 Å². The van der Waals surface area contributed by atoms with Crippen LogP contribution in [0.1, 0.15) is 30.8 Å². The van der Waals surface area contributed by atoms with Gasteiger partial charge in [0.2, 0.25) is 0 Å². The van der Waals surface area contributed by atoms with E-state index >= 15 is 0 Å². The summed E-state index contributed by atoms with van der Waals surface area (Å²) in [5, 5.41) is 7.07. The Balaban J connectivity index is 2.72. The number of nitrogens with zero attached hydrogens (tertiary/aromatic N) is 3. The minimum Gasteiger partial charge on any atom is -0.370 e. The molecule has 0 fully saturated rings. The Bertz CT molecular complexity index is 343. The summed E-state index contributed by atoms with van der Waals surface area (Å²) >= 11 is 0. The number of nitrogens with one attached hydrogen (secondary N) is 1. The zero-order valence-electron chi connectivity index (χ0n) is 10.5. The van der Waals surface area contributed by atoms with Gasteiger partial charge in [-0.15, -0.1) is 0 Å². The molecule has 1 aromatic rings. The Labute approximate surface area is 96.7 Å². The van der Waals surface area contributed by atoms with E-state index in [1.165, 1.54) is 0 Å². The van der Waals surface area contributed by atoms with Gasteiger partial charge in [0.15, 0.2) is 5.96 Å². The van der Waals surface area contributed by atoms with E-state index in [9.17, 15) is 0 Å². The second kappa shape index (κ2) is 5.53.